The molecule has 1 N–H and O–H groups in total. The quantitative estimate of drug-likeness (QED) is 0.775. The number of likely N-dealkylation sites (tertiary alicyclic amines) is 1. The maximum absolute atomic E-state index is 11.7. The third kappa shape index (κ3) is 2.74. The van der Waals surface area contributed by atoms with Gasteiger partial charge in [0.1, 0.15) is 0 Å². The molecule has 0 bridgehead atoms. The van der Waals surface area contributed by atoms with E-state index in [-0.39, 0.29) is 24.3 Å². The average Bonchev–Trinajstić information content (AvgIpc) is 2.95. The summed E-state index contributed by atoms with van der Waals surface area (Å²) >= 11 is 0. The monoisotopic (exact) mass is 224 g/mol. The van der Waals surface area contributed by atoms with E-state index in [1.165, 1.54) is 0 Å². The molecule has 4 nitrogen and oxygen atoms in total. The first-order valence-electron chi connectivity index (χ1n) is 6.33. The molecule has 1 saturated heterocycles. The van der Waals surface area contributed by atoms with Crippen molar-refractivity contribution in [2.75, 3.05) is 19.6 Å². The predicted octanol–water partition coefficient (Wildman–Crippen LogP) is 0.915. The first kappa shape index (κ1) is 11.4. The Bertz CT molecular complexity index is 238. The molecule has 0 atom stereocenters. The van der Waals surface area contributed by atoms with E-state index in [1.54, 1.807) is 0 Å². The van der Waals surface area contributed by atoms with Crippen LogP contribution in [0.3, 0.4) is 0 Å². The van der Waals surface area contributed by atoms with Crippen LogP contribution >= 0.6 is 0 Å². The highest BCUT2D eigenvalue weighted by atomic mass is 16.2. The van der Waals surface area contributed by atoms with Crippen LogP contribution in [0.5, 0.6) is 0 Å². The Morgan fingerprint density at radius 3 is 2.31 bits per heavy atom. The second-order valence-corrected chi connectivity index (χ2v) is 4.79. The minimum atomic E-state index is 0.0730. The van der Waals surface area contributed by atoms with Crippen molar-refractivity contribution >= 4 is 11.8 Å². The molecule has 1 saturated carbocycles. The summed E-state index contributed by atoms with van der Waals surface area (Å²) in [5, 5.41) is 2.77. The summed E-state index contributed by atoms with van der Waals surface area (Å²) in [6.45, 7) is 1.91. The first-order valence-corrected chi connectivity index (χ1v) is 6.33. The van der Waals surface area contributed by atoms with Gasteiger partial charge in [0.15, 0.2) is 0 Å². The van der Waals surface area contributed by atoms with Crippen LogP contribution < -0.4 is 5.32 Å². The van der Waals surface area contributed by atoms with Gasteiger partial charge in [0.2, 0.25) is 11.8 Å². The molecule has 1 aliphatic carbocycles. The van der Waals surface area contributed by atoms with Gasteiger partial charge < -0.3 is 10.2 Å². The molecule has 90 valence electrons. The van der Waals surface area contributed by atoms with Crippen molar-refractivity contribution in [2.45, 2.75) is 38.5 Å². The molecule has 2 rings (SSSR count). The highest BCUT2D eigenvalue weighted by Crippen LogP contribution is 2.24. The summed E-state index contributed by atoms with van der Waals surface area (Å²) in [4.78, 5) is 25.2. The van der Waals surface area contributed by atoms with Gasteiger partial charge in [-0.3, -0.25) is 9.59 Å². The van der Waals surface area contributed by atoms with E-state index >= 15 is 0 Å². The van der Waals surface area contributed by atoms with E-state index < -0.39 is 0 Å². The van der Waals surface area contributed by atoms with Crippen molar-refractivity contribution in [1.29, 1.82) is 0 Å². The summed E-state index contributed by atoms with van der Waals surface area (Å²) in [6.07, 6.45) is 6.48. The standard InChI is InChI=1S/C12H20N2O2/c15-11(14-7-3-4-8-14)9-13-12(16)10-5-1-2-6-10/h10H,1-9H2,(H,13,16). The van der Waals surface area contributed by atoms with Gasteiger partial charge in [-0.25, -0.2) is 0 Å². The zero-order valence-corrected chi connectivity index (χ0v) is 9.71. The number of hydrogen-bond acceptors (Lipinski definition) is 2. The molecule has 2 aliphatic rings. The third-order valence-corrected chi connectivity index (χ3v) is 3.60. The van der Waals surface area contributed by atoms with Crippen LogP contribution in [0.25, 0.3) is 0 Å². The van der Waals surface area contributed by atoms with Crippen LogP contribution in [-0.4, -0.2) is 36.3 Å². The Labute approximate surface area is 96.4 Å². The molecule has 2 fully saturated rings. The van der Waals surface area contributed by atoms with Gasteiger partial charge in [-0.05, 0) is 25.7 Å². The van der Waals surface area contributed by atoms with E-state index in [4.69, 9.17) is 0 Å². The van der Waals surface area contributed by atoms with E-state index in [9.17, 15) is 9.59 Å². The summed E-state index contributed by atoms with van der Waals surface area (Å²) in [5.74, 6) is 0.306. The fourth-order valence-corrected chi connectivity index (χ4v) is 2.57. The van der Waals surface area contributed by atoms with E-state index in [1.807, 2.05) is 4.90 Å². The summed E-state index contributed by atoms with van der Waals surface area (Å²) in [7, 11) is 0. The van der Waals surface area contributed by atoms with Crippen LogP contribution in [0.4, 0.5) is 0 Å². The lowest BCUT2D eigenvalue weighted by Gasteiger charge is -2.16. The minimum absolute atomic E-state index is 0.0730. The van der Waals surface area contributed by atoms with Gasteiger partial charge in [0, 0.05) is 19.0 Å². The lowest BCUT2D eigenvalue weighted by atomic mass is 10.1. The minimum Gasteiger partial charge on any atom is -0.347 e. The number of nitrogens with zero attached hydrogens (tertiary/aromatic N) is 1. The van der Waals surface area contributed by atoms with Gasteiger partial charge in [0.25, 0.3) is 0 Å². The van der Waals surface area contributed by atoms with Crippen molar-refractivity contribution in [3.05, 3.63) is 0 Å². The fraction of sp³-hybridized carbons (Fsp3) is 0.833. The lowest BCUT2D eigenvalue weighted by molar-refractivity contribution is -0.133. The molecule has 4 heteroatoms. The highest BCUT2D eigenvalue weighted by Gasteiger charge is 2.24. The van der Waals surface area contributed by atoms with Gasteiger partial charge in [0.05, 0.1) is 6.54 Å². The van der Waals surface area contributed by atoms with E-state index in [0.29, 0.717) is 0 Å². The molecule has 0 aromatic carbocycles. The third-order valence-electron chi connectivity index (χ3n) is 3.60. The second kappa shape index (κ2) is 5.32. The molecule has 0 unspecified atom stereocenters. The molecule has 0 aromatic rings. The van der Waals surface area contributed by atoms with E-state index in [0.717, 1.165) is 51.6 Å². The maximum atomic E-state index is 11.7. The van der Waals surface area contributed by atoms with Gasteiger partial charge >= 0.3 is 0 Å². The van der Waals surface area contributed by atoms with Crippen LogP contribution in [0, 0.1) is 5.92 Å². The average molecular weight is 224 g/mol. The number of nitrogens with one attached hydrogen (secondary N) is 1. The zero-order chi connectivity index (χ0) is 11.4. The number of hydrogen-bond donors (Lipinski definition) is 1. The molecular formula is C12H20N2O2. The lowest BCUT2D eigenvalue weighted by Crippen LogP contribution is -2.40. The largest absolute Gasteiger partial charge is 0.347 e. The fourth-order valence-electron chi connectivity index (χ4n) is 2.57. The number of carbonyl (C=O) groups excluding carboxylic acids is 2. The van der Waals surface area contributed by atoms with Crippen LogP contribution in [0.2, 0.25) is 0 Å². The molecule has 1 aliphatic heterocycles. The molecule has 2 amide bonds. The molecule has 0 radical (unpaired) electrons. The highest BCUT2D eigenvalue weighted by molar-refractivity contribution is 5.86. The van der Waals surface area contributed by atoms with Gasteiger partial charge in [-0.2, -0.15) is 0 Å². The van der Waals surface area contributed by atoms with Crippen molar-refractivity contribution in [2.24, 2.45) is 5.92 Å². The number of carbonyl (C=O) groups is 2. The van der Waals surface area contributed by atoms with Crippen LogP contribution in [0.15, 0.2) is 0 Å². The summed E-state index contributed by atoms with van der Waals surface area (Å²) in [6, 6.07) is 0. The van der Waals surface area contributed by atoms with Crippen molar-refractivity contribution in [3.8, 4) is 0 Å². The number of rotatable bonds is 3. The normalized spacial score (nSPS) is 21.4. The molecule has 16 heavy (non-hydrogen) atoms. The van der Waals surface area contributed by atoms with Crippen LogP contribution in [0.1, 0.15) is 38.5 Å². The maximum Gasteiger partial charge on any atom is 0.241 e. The molecule has 1 heterocycles. The van der Waals surface area contributed by atoms with E-state index in [2.05, 4.69) is 5.32 Å². The van der Waals surface area contributed by atoms with Crippen molar-refractivity contribution < 1.29 is 9.59 Å². The smallest absolute Gasteiger partial charge is 0.241 e. The van der Waals surface area contributed by atoms with Gasteiger partial charge in [-0.1, -0.05) is 12.8 Å². The van der Waals surface area contributed by atoms with Crippen LogP contribution in [-0.2, 0) is 9.59 Å². The second-order valence-electron chi connectivity index (χ2n) is 4.79. The molecule has 0 spiro atoms. The van der Waals surface area contributed by atoms with Crippen molar-refractivity contribution in [3.63, 3.8) is 0 Å². The molecular weight excluding hydrogens is 204 g/mol. The Kier molecular flexibility index (Phi) is 3.80. The first-order chi connectivity index (χ1) is 7.77. The summed E-state index contributed by atoms with van der Waals surface area (Å²) < 4.78 is 0. The SMILES string of the molecule is O=C(NCC(=O)N1CCCC1)C1CCCC1. The predicted molar refractivity (Wildman–Crippen MR) is 60.8 cm³/mol. The van der Waals surface area contributed by atoms with Crippen molar-refractivity contribution in [1.82, 2.24) is 10.2 Å². The van der Waals surface area contributed by atoms with Gasteiger partial charge in [-0.15, -0.1) is 0 Å². The Hall–Kier alpha value is -1.06. The zero-order valence-electron chi connectivity index (χ0n) is 9.71. The Morgan fingerprint density at radius 1 is 1.06 bits per heavy atom. The Morgan fingerprint density at radius 2 is 1.69 bits per heavy atom. The topological polar surface area (TPSA) is 49.4 Å². The summed E-state index contributed by atoms with van der Waals surface area (Å²) in [5.41, 5.74) is 0. The Balaban J connectivity index is 1.69. The number of amides is 2. The molecule has 0 aromatic heterocycles.